The van der Waals surface area contributed by atoms with Gasteiger partial charge in [-0.2, -0.15) is 0 Å². The van der Waals surface area contributed by atoms with Gasteiger partial charge >= 0.3 is 0 Å². The SMILES string of the molecule is COc1ccc(CCNC(=O)CC(C)C2CCNCC2)cc1F. The molecule has 1 saturated heterocycles. The Labute approximate surface area is 137 Å². The van der Waals surface area contributed by atoms with Gasteiger partial charge in [0.05, 0.1) is 7.11 Å². The van der Waals surface area contributed by atoms with Crippen LogP contribution in [0.2, 0.25) is 0 Å². The van der Waals surface area contributed by atoms with Crippen molar-refractivity contribution in [2.24, 2.45) is 11.8 Å². The summed E-state index contributed by atoms with van der Waals surface area (Å²) in [6.07, 6.45) is 3.50. The van der Waals surface area contributed by atoms with Crippen LogP contribution in [0.4, 0.5) is 4.39 Å². The summed E-state index contributed by atoms with van der Waals surface area (Å²) in [6, 6.07) is 4.90. The first-order valence-corrected chi connectivity index (χ1v) is 8.40. The molecule has 1 aliphatic rings. The Morgan fingerprint density at radius 3 is 2.83 bits per heavy atom. The maximum absolute atomic E-state index is 13.6. The number of carbonyl (C=O) groups is 1. The molecule has 0 spiro atoms. The first-order valence-electron chi connectivity index (χ1n) is 8.40. The van der Waals surface area contributed by atoms with Crippen molar-refractivity contribution < 1.29 is 13.9 Å². The van der Waals surface area contributed by atoms with E-state index < -0.39 is 0 Å². The molecule has 5 heteroatoms. The van der Waals surface area contributed by atoms with E-state index in [1.807, 2.05) is 6.07 Å². The van der Waals surface area contributed by atoms with Crippen molar-refractivity contribution in [2.45, 2.75) is 32.6 Å². The number of nitrogens with one attached hydrogen (secondary N) is 2. The summed E-state index contributed by atoms with van der Waals surface area (Å²) in [5, 5.41) is 6.29. The number of benzene rings is 1. The Morgan fingerprint density at radius 2 is 2.17 bits per heavy atom. The van der Waals surface area contributed by atoms with Gasteiger partial charge < -0.3 is 15.4 Å². The van der Waals surface area contributed by atoms with Crippen LogP contribution < -0.4 is 15.4 Å². The summed E-state index contributed by atoms with van der Waals surface area (Å²) in [5.41, 5.74) is 0.856. The van der Waals surface area contributed by atoms with E-state index in [4.69, 9.17) is 4.74 Å². The molecule has 0 bridgehead atoms. The summed E-state index contributed by atoms with van der Waals surface area (Å²) in [4.78, 5) is 12.0. The monoisotopic (exact) mass is 322 g/mol. The number of hydrogen-bond acceptors (Lipinski definition) is 3. The van der Waals surface area contributed by atoms with Gasteiger partial charge in [-0.05, 0) is 61.9 Å². The van der Waals surface area contributed by atoms with Crippen molar-refractivity contribution in [3.05, 3.63) is 29.6 Å². The molecule has 1 fully saturated rings. The highest BCUT2D eigenvalue weighted by atomic mass is 19.1. The standard InChI is InChI=1S/C18H27FN2O2/c1-13(15-6-8-20-9-7-15)11-18(22)21-10-5-14-3-4-17(23-2)16(19)12-14/h3-4,12-13,15,20H,5-11H2,1-2H3,(H,21,22). The molecule has 1 aliphatic heterocycles. The van der Waals surface area contributed by atoms with Gasteiger partial charge in [-0.15, -0.1) is 0 Å². The van der Waals surface area contributed by atoms with Crippen molar-refractivity contribution in [1.82, 2.24) is 10.6 Å². The molecule has 23 heavy (non-hydrogen) atoms. The third-order valence-electron chi connectivity index (χ3n) is 4.65. The molecule has 1 unspecified atom stereocenters. The highest BCUT2D eigenvalue weighted by Crippen LogP contribution is 2.24. The smallest absolute Gasteiger partial charge is 0.220 e. The second-order valence-electron chi connectivity index (χ2n) is 6.34. The lowest BCUT2D eigenvalue weighted by Gasteiger charge is -2.27. The molecule has 0 aromatic heterocycles. The van der Waals surface area contributed by atoms with Gasteiger partial charge in [-0.3, -0.25) is 4.79 Å². The van der Waals surface area contributed by atoms with Crippen LogP contribution in [0.5, 0.6) is 5.75 Å². The molecule has 1 aromatic carbocycles. The largest absolute Gasteiger partial charge is 0.494 e. The molecular formula is C18H27FN2O2. The zero-order valence-electron chi connectivity index (χ0n) is 14.0. The minimum atomic E-state index is -0.365. The predicted octanol–water partition coefficient (Wildman–Crippen LogP) is 2.52. The van der Waals surface area contributed by atoms with Gasteiger partial charge in [0.25, 0.3) is 0 Å². The molecule has 2 N–H and O–H groups in total. The van der Waals surface area contributed by atoms with Crippen molar-refractivity contribution in [3.63, 3.8) is 0 Å². The maximum Gasteiger partial charge on any atom is 0.220 e. The van der Waals surface area contributed by atoms with Gasteiger partial charge in [0.15, 0.2) is 11.6 Å². The Hall–Kier alpha value is -1.62. The zero-order chi connectivity index (χ0) is 16.7. The van der Waals surface area contributed by atoms with E-state index in [9.17, 15) is 9.18 Å². The predicted molar refractivity (Wildman–Crippen MR) is 89.0 cm³/mol. The number of halogens is 1. The van der Waals surface area contributed by atoms with Gasteiger partial charge in [-0.1, -0.05) is 13.0 Å². The van der Waals surface area contributed by atoms with E-state index in [2.05, 4.69) is 17.6 Å². The fraction of sp³-hybridized carbons (Fsp3) is 0.611. The molecule has 1 aromatic rings. The molecule has 0 radical (unpaired) electrons. The van der Waals surface area contributed by atoms with Crippen molar-refractivity contribution in [3.8, 4) is 5.75 Å². The minimum absolute atomic E-state index is 0.0880. The van der Waals surface area contributed by atoms with Crippen LogP contribution >= 0.6 is 0 Å². The van der Waals surface area contributed by atoms with E-state index >= 15 is 0 Å². The van der Waals surface area contributed by atoms with E-state index in [0.29, 0.717) is 31.2 Å². The maximum atomic E-state index is 13.6. The highest BCUT2D eigenvalue weighted by molar-refractivity contribution is 5.76. The number of piperidine rings is 1. The molecule has 128 valence electrons. The van der Waals surface area contributed by atoms with Crippen LogP contribution in [0, 0.1) is 17.7 Å². The lowest BCUT2D eigenvalue weighted by molar-refractivity contribution is -0.122. The minimum Gasteiger partial charge on any atom is -0.494 e. The van der Waals surface area contributed by atoms with E-state index in [1.165, 1.54) is 13.2 Å². The molecule has 1 amide bonds. The fourth-order valence-electron chi connectivity index (χ4n) is 3.16. The first kappa shape index (κ1) is 17.7. The molecule has 1 heterocycles. The van der Waals surface area contributed by atoms with Crippen molar-refractivity contribution in [2.75, 3.05) is 26.7 Å². The number of hydrogen-bond donors (Lipinski definition) is 2. The Balaban J connectivity index is 1.70. The number of carbonyl (C=O) groups excluding carboxylic acids is 1. The summed E-state index contributed by atoms with van der Waals surface area (Å²) in [7, 11) is 1.45. The third kappa shape index (κ3) is 5.50. The average Bonchev–Trinajstić information content (AvgIpc) is 2.56. The van der Waals surface area contributed by atoms with Gasteiger partial charge in [0.2, 0.25) is 5.91 Å². The van der Waals surface area contributed by atoms with Crippen LogP contribution in [0.25, 0.3) is 0 Å². The lowest BCUT2D eigenvalue weighted by Crippen LogP contribution is -2.34. The van der Waals surface area contributed by atoms with Gasteiger partial charge in [-0.25, -0.2) is 4.39 Å². The van der Waals surface area contributed by atoms with E-state index in [1.54, 1.807) is 6.07 Å². The van der Waals surface area contributed by atoms with Crippen LogP contribution in [-0.2, 0) is 11.2 Å². The average molecular weight is 322 g/mol. The Kier molecular flexibility index (Phi) is 6.84. The molecule has 2 rings (SSSR count). The van der Waals surface area contributed by atoms with Gasteiger partial charge in [0, 0.05) is 13.0 Å². The van der Waals surface area contributed by atoms with Gasteiger partial charge in [0.1, 0.15) is 0 Å². The molecule has 1 atom stereocenters. The molecular weight excluding hydrogens is 295 g/mol. The molecule has 0 saturated carbocycles. The first-order chi connectivity index (χ1) is 11.1. The van der Waals surface area contributed by atoms with Crippen molar-refractivity contribution in [1.29, 1.82) is 0 Å². The molecule has 0 aliphatic carbocycles. The third-order valence-corrected chi connectivity index (χ3v) is 4.65. The summed E-state index contributed by atoms with van der Waals surface area (Å²) < 4.78 is 18.5. The second kappa shape index (κ2) is 8.87. The van der Waals surface area contributed by atoms with Crippen molar-refractivity contribution >= 4 is 5.91 Å². The van der Waals surface area contributed by atoms with E-state index in [0.717, 1.165) is 31.5 Å². The lowest BCUT2D eigenvalue weighted by atomic mass is 9.84. The Bertz CT molecular complexity index is 516. The number of methoxy groups -OCH3 is 1. The summed E-state index contributed by atoms with van der Waals surface area (Å²) in [5.74, 6) is 1.02. The van der Waals surface area contributed by atoms with Crippen LogP contribution in [0.15, 0.2) is 18.2 Å². The van der Waals surface area contributed by atoms with Crippen LogP contribution in [-0.4, -0.2) is 32.7 Å². The van der Waals surface area contributed by atoms with Crippen LogP contribution in [0.3, 0.4) is 0 Å². The second-order valence-corrected chi connectivity index (χ2v) is 6.34. The number of rotatable bonds is 7. The number of ether oxygens (including phenoxy) is 1. The zero-order valence-corrected chi connectivity index (χ0v) is 14.0. The summed E-state index contributed by atoms with van der Waals surface area (Å²) >= 11 is 0. The van der Waals surface area contributed by atoms with E-state index in [-0.39, 0.29) is 17.5 Å². The Morgan fingerprint density at radius 1 is 1.43 bits per heavy atom. The quantitative estimate of drug-likeness (QED) is 0.811. The van der Waals surface area contributed by atoms with Crippen LogP contribution in [0.1, 0.15) is 31.7 Å². The topological polar surface area (TPSA) is 50.4 Å². The normalized spacial score (nSPS) is 16.8. The highest BCUT2D eigenvalue weighted by Gasteiger charge is 2.21. The molecule has 4 nitrogen and oxygen atoms in total. The number of amides is 1. The fourth-order valence-corrected chi connectivity index (χ4v) is 3.16. The summed E-state index contributed by atoms with van der Waals surface area (Å²) in [6.45, 7) is 4.80.